The molecule has 3 atom stereocenters. The lowest BCUT2D eigenvalue weighted by Gasteiger charge is -2.28. The summed E-state index contributed by atoms with van der Waals surface area (Å²) in [6.45, 7) is 7.57. The molecule has 5 nitrogen and oxygen atoms in total. The quantitative estimate of drug-likeness (QED) is 0.509. The summed E-state index contributed by atoms with van der Waals surface area (Å²) in [5.74, 6) is -0.212. The molecule has 0 saturated carbocycles. The monoisotopic (exact) mass is 458 g/mol. The van der Waals surface area contributed by atoms with Gasteiger partial charge in [0.05, 0.1) is 6.04 Å². The van der Waals surface area contributed by atoms with Gasteiger partial charge in [0.25, 0.3) is 5.91 Å². The summed E-state index contributed by atoms with van der Waals surface area (Å²) in [6, 6.07) is 8.89. The minimum Gasteiger partial charge on any atom is -0.612 e. The van der Waals surface area contributed by atoms with Crippen molar-refractivity contribution in [2.75, 3.05) is 12.8 Å². The Bertz CT molecular complexity index is 993. The Morgan fingerprint density at radius 3 is 2.71 bits per heavy atom. The van der Waals surface area contributed by atoms with Crippen molar-refractivity contribution in [2.24, 2.45) is 0 Å². The van der Waals surface area contributed by atoms with Gasteiger partial charge in [0.1, 0.15) is 6.26 Å². The molecular formula is C24H31N2O3PS. The van der Waals surface area contributed by atoms with Gasteiger partial charge in [0, 0.05) is 25.1 Å². The highest BCUT2D eigenvalue weighted by Gasteiger charge is 2.26. The fraction of sp³-hybridized carbons (Fsp3) is 0.417. The van der Waals surface area contributed by atoms with Gasteiger partial charge in [-0.2, -0.15) is 0 Å². The maximum atomic E-state index is 13.3. The first-order valence-electron chi connectivity index (χ1n) is 10.6. The van der Waals surface area contributed by atoms with Crippen LogP contribution in [0.1, 0.15) is 51.5 Å². The number of rotatable bonds is 7. The van der Waals surface area contributed by atoms with Crippen LogP contribution in [0.3, 0.4) is 0 Å². The van der Waals surface area contributed by atoms with Crippen LogP contribution in [0.5, 0.6) is 0 Å². The Labute approximate surface area is 190 Å². The first kappa shape index (κ1) is 23.9. The molecule has 0 radical (unpaired) electrons. The van der Waals surface area contributed by atoms with Gasteiger partial charge in [-0.15, -0.1) is 0 Å². The molecule has 1 amide bonds. The van der Waals surface area contributed by atoms with Gasteiger partial charge >= 0.3 is 0 Å². The lowest BCUT2D eigenvalue weighted by Crippen LogP contribution is -2.43. The van der Waals surface area contributed by atoms with E-state index in [1.165, 1.54) is 11.1 Å². The summed E-state index contributed by atoms with van der Waals surface area (Å²) in [4.78, 5) is 26.7. The summed E-state index contributed by atoms with van der Waals surface area (Å²) in [6.07, 6.45) is 3.27. The molecule has 31 heavy (non-hydrogen) atoms. The smallest absolute Gasteiger partial charge is 0.252 e. The number of nitrogens with zero attached hydrogens (tertiary/aromatic N) is 1. The molecule has 1 aliphatic rings. The largest absolute Gasteiger partial charge is 0.612 e. The van der Waals surface area contributed by atoms with E-state index in [2.05, 4.69) is 25.4 Å². The Morgan fingerprint density at radius 1 is 1.29 bits per heavy atom. The second-order valence-electron chi connectivity index (χ2n) is 8.20. The third-order valence-corrected chi connectivity index (χ3v) is 7.32. The van der Waals surface area contributed by atoms with Gasteiger partial charge in [-0.1, -0.05) is 34.5 Å². The third-order valence-electron chi connectivity index (χ3n) is 5.96. The van der Waals surface area contributed by atoms with Crippen molar-refractivity contribution in [3.8, 4) is 0 Å². The molecule has 0 saturated heterocycles. The van der Waals surface area contributed by atoms with Crippen molar-refractivity contribution in [3.63, 3.8) is 0 Å². The zero-order valence-corrected chi connectivity index (χ0v) is 20.6. The van der Waals surface area contributed by atoms with Gasteiger partial charge < -0.3 is 9.87 Å². The molecule has 3 unspecified atom stereocenters. The summed E-state index contributed by atoms with van der Waals surface area (Å²) in [5.41, 5.74) is 6.01. The van der Waals surface area contributed by atoms with Crippen LogP contribution in [-0.2, 0) is 35.4 Å². The highest BCUT2D eigenvalue weighted by Crippen LogP contribution is 2.29. The van der Waals surface area contributed by atoms with Crippen molar-refractivity contribution < 1.29 is 14.1 Å². The SMILES string of the molecule is CCC(=O)C(Cc1cccc([S+](C)[O-])c1)NC(=O)c1c(C)cc2c(c1C)CCN(P)C2. The first-order chi connectivity index (χ1) is 14.7. The Balaban J connectivity index is 1.86. The summed E-state index contributed by atoms with van der Waals surface area (Å²) in [7, 11) is 2.75. The molecule has 2 aromatic carbocycles. The van der Waals surface area contributed by atoms with E-state index in [4.69, 9.17) is 0 Å². The third kappa shape index (κ3) is 5.56. The van der Waals surface area contributed by atoms with E-state index < -0.39 is 17.2 Å². The lowest BCUT2D eigenvalue weighted by molar-refractivity contribution is -0.120. The normalized spacial score (nSPS) is 15.8. The van der Waals surface area contributed by atoms with Gasteiger partial charge in [0.15, 0.2) is 10.7 Å². The topological polar surface area (TPSA) is 72.5 Å². The van der Waals surface area contributed by atoms with E-state index >= 15 is 0 Å². The minimum atomic E-state index is -1.09. The number of ketones is 1. The number of fused-ring (bicyclic) bond motifs is 1. The van der Waals surface area contributed by atoms with E-state index in [0.717, 1.165) is 41.1 Å². The average Bonchev–Trinajstić information content (AvgIpc) is 2.72. The second-order valence-corrected chi connectivity index (χ2v) is 10.3. The molecule has 1 heterocycles. The van der Waals surface area contributed by atoms with Crippen LogP contribution in [0.15, 0.2) is 35.2 Å². The Morgan fingerprint density at radius 2 is 2.03 bits per heavy atom. The lowest BCUT2D eigenvalue weighted by atomic mass is 9.88. The molecule has 166 valence electrons. The van der Waals surface area contributed by atoms with Crippen molar-refractivity contribution in [3.05, 3.63) is 63.7 Å². The fourth-order valence-corrected chi connectivity index (χ4v) is 5.22. The zero-order chi connectivity index (χ0) is 22.7. The van der Waals surface area contributed by atoms with Crippen molar-refractivity contribution in [1.82, 2.24) is 9.99 Å². The summed E-state index contributed by atoms with van der Waals surface area (Å²) in [5, 5.41) is 3.00. The highest BCUT2D eigenvalue weighted by molar-refractivity contribution is 7.90. The predicted molar refractivity (Wildman–Crippen MR) is 129 cm³/mol. The number of Topliss-reactive ketones (excluding diaryl/α,β-unsaturated/α-hetero) is 1. The maximum Gasteiger partial charge on any atom is 0.252 e. The number of nitrogens with one attached hydrogen (secondary N) is 1. The van der Waals surface area contributed by atoms with Crippen LogP contribution < -0.4 is 5.32 Å². The number of aryl methyl sites for hydroxylation is 1. The number of benzene rings is 2. The van der Waals surface area contributed by atoms with Crippen LogP contribution >= 0.6 is 9.39 Å². The van der Waals surface area contributed by atoms with Crippen molar-refractivity contribution in [1.29, 1.82) is 0 Å². The molecule has 3 rings (SSSR count). The number of hydrogen-bond acceptors (Lipinski definition) is 4. The van der Waals surface area contributed by atoms with Crippen LogP contribution in [0.2, 0.25) is 0 Å². The van der Waals surface area contributed by atoms with Gasteiger partial charge in [0.2, 0.25) is 0 Å². The molecule has 7 heteroatoms. The van der Waals surface area contributed by atoms with E-state index in [0.29, 0.717) is 18.4 Å². The van der Waals surface area contributed by atoms with Crippen LogP contribution in [-0.4, -0.2) is 39.8 Å². The number of amides is 1. The number of hydrogen-bond donors (Lipinski definition) is 1. The molecular weight excluding hydrogens is 427 g/mol. The van der Waals surface area contributed by atoms with Gasteiger partial charge in [-0.25, -0.2) is 0 Å². The van der Waals surface area contributed by atoms with Crippen LogP contribution in [0.25, 0.3) is 0 Å². The van der Waals surface area contributed by atoms with Gasteiger partial charge in [-0.3, -0.25) is 14.3 Å². The molecule has 1 N–H and O–H groups in total. The zero-order valence-electron chi connectivity index (χ0n) is 18.7. The second kappa shape index (κ2) is 10.3. The van der Waals surface area contributed by atoms with Crippen molar-refractivity contribution >= 4 is 32.3 Å². The Kier molecular flexibility index (Phi) is 7.92. The van der Waals surface area contributed by atoms with E-state index in [1.807, 2.05) is 45.0 Å². The maximum absolute atomic E-state index is 13.3. The molecule has 0 bridgehead atoms. The number of carbonyl (C=O) groups excluding carboxylic acids is 2. The molecule has 0 aliphatic carbocycles. The predicted octanol–water partition coefficient (Wildman–Crippen LogP) is 3.51. The highest BCUT2D eigenvalue weighted by atomic mass is 32.2. The molecule has 0 spiro atoms. The van der Waals surface area contributed by atoms with Crippen LogP contribution in [0.4, 0.5) is 0 Å². The molecule has 2 aromatic rings. The average molecular weight is 459 g/mol. The number of carbonyl (C=O) groups is 2. The summed E-state index contributed by atoms with van der Waals surface area (Å²) < 4.78 is 14.0. The summed E-state index contributed by atoms with van der Waals surface area (Å²) >= 11 is -1.09. The molecule has 0 aromatic heterocycles. The molecule has 1 aliphatic heterocycles. The van der Waals surface area contributed by atoms with E-state index in [-0.39, 0.29) is 11.7 Å². The first-order valence-corrected chi connectivity index (χ1v) is 12.7. The Hall–Kier alpha value is -1.72. The minimum absolute atomic E-state index is 0.0108. The molecule has 0 fully saturated rings. The van der Waals surface area contributed by atoms with Crippen LogP contribution in [0, 0.1) is 13.8 Å². The van der Waals surface area contributed by atoms with Gasteiger partial charge in [-0.05, 0) is 77.8 Å². The van der Waals surface area contributed by atoms with E-state index in [1.54, 1.807) is 6.26 Å². The fourth-order valence-electron chi connectivity index (χ4n) is 4.31. The van der Waals surface area contributed by atoms with Crippen molar-refractivity contribution in [2.45, 2.75) is 57.5 Å². The van der Waals surface area contributed by atoms with E-state index in [9.17, 15) is 14.1 Å². The standard InChI is InChI=1S/C24H31N2O3PS/c1-5-22(27)21(13-17-7-6-8-19(12-17)31(4)29)25-24(28)23-15(2)11-18-14-26(30)10-9-20(18)16(23)3/h6-8,11-12,21H,5,9-10,13-14,30H2,1-4H3,(H,25,28).